The number of ketones is 2. The number of carbonyl (C=O) groups is 10. The zero-order chi connectivity index (χ0) is 106. The van der Waals surface area contributed by atoms with Crippen molar-refractivity contribution < 1.29 is 76.4 Å². The van der Waals surface area contributed by atoms with Crippen LogP contribution in [0.25, 0.3) is 0 Å². The van der Waals surface area contributed by atoms with Gasteiger partial charge in [0, 0.05) is 99.6 Å². The largest absolute Gasteiger partial charge is 0.494 e. The van der Waals surface area contributed by atoms with Gasteiger partial charge in [-0.2, -0.15) is 0 Å². The van der Waals surface area contributed by atoms with Crippen molar-refractivity contribution in [2.45, 2.75) is 361 Å². The average Bonchev–Trinajstić information content (AvgIpc) is 0.843. The fourth-order valence-electron chi connectivity index (χ4n) is 19.4. The van der Waals surface area contributed by atoms with Crippen LogP contribution in [0.15, 0.2) is 171 Å². The standard InChI is InChI=1S/C22H37NO2Si.C21H31NO4.2C20H29NO3.C20H27NO3.C20H29NO/c1-5-6-10-21(22(24)23-15-8-7-9-16-23)19-11-13-20(14-12-19)25-17-18-26(2,3)4;1-3-4-8-20(21(24)22-13-6-5-7-14-22)18-9-11-19(12-10-18)26-16-15-25-17(2)23;2*1-3-4-8-19(20(23)21-13-6-5-7-14-21)17-9-11-18(12-10-17)24-15-16(2)22;1-3-5-9-18(20(23)21-14-7-6-8-15-21)16-10-12-17(13-11-16)24-19(22)4-2;1-3-4-5-7-10-19(18-13-11-17(2)12-14-18)20(22)21-15-8-6-9-16-21/h11-14,21H,5-10,15-18H2,1-4H3;9-12,20H,3-8,13-16H2,1-2H3;2*9-12,19H,3-8,13-15H2,1-2H3;4,10-13,18H,2-3,5-9,14-15H2,1H3;3,11-14,19H,1,4-10,15-16H2,2H3. The second-order valence-corrected chi connectivity index (χ2v) is 47.2. The number of piperidine rings is 6. The summed E-state index contributed by atoms with van der Waals surface area (Å²) in [6.07, 6.45) is 43.4. The summed E-state index contributed by atoms with van der Waals surface area (Å²) >= 11 is 0. The number of hydrogen-bond acceptors (Lipinski definition) is 16. The van der Waals surface area contributed by atoms with Gasteiger partial charge < -0.3 is 57.8 Å². The molecule has 0 radical (unpaired) electrons. The molecule has 6 saturated heterocycles. The van der Waals surface area contributed by atoms with E-state index in [0.29, 0.717) is 35.7 Å². The van der Waals surface area contributed by atoms with Crippen LogP contribution in [0.4, 0.5) is 0 Å². The first-order valence-corrected chi connectivity index (χ1v) is 59.7. The lowest BCUT2D eigenvalue weighted by atomic mass is 9.90. The lowest BCUT2D eigenvalue weighted by Crippen LogP contribution is -2.38. The van der Waals surface area contributed by atoms with E-state index in [1.165, 1.54) is 76.5 Å². The Hall–Kier alpha value is -10.7. The highest BCUT2D eigenvalue weighted by atomic mass is 28.3. The Bertz CT molecular complexity index is 4650. The first-order valence-electron chi connectivity index (χ1n) is 56.0. The summed E-state index contributed by atoms with van der Waals surface area (Å²) in [7, 11) is -1.06. The highest BCUT2D eigenvalue weighted by Crippen LogP contribution is 2.36. The number of unbranched alkanes of at least 4 members (excludes halogenated alkanes) is 7. The highest BCUT2D eigenvalue weighted by molar-refractivity contribution is 6.76. The molecule has 0 bridgehead atoms. The topological polar surface area (TPSA) is 246 Å². The summed E-state index contributed by atoms with van der Waals surface area (Å²) in [6, 6.07) is 48.4. The number of esters is 2. The van der Waals surface area contributed by atoms with Crippen LogP contribution >= 0.6 is 0 Å². The van der Waals surface area contributed by atoms with Gasteiger partial charge in [-0.1, -0.05) is 228 Å². The predicted octanol–water partition coefficient (Wildman–Crippen LogP) is 26.4. The molecule has 0 aliphatic carbocycles. The van der Waals surface area contributed by atoms with Gasteiger partial charge in [0.15, 0.2) is 11.6 Å². The summed E-state index contributed by atoms with van der Waals surface area (Å²) in [5.74, 6) is 4.11. The van der Waals surface area contributed by atoms with Crippen molar-refractivity contribution in [1.82, 2.24) is 29.4 Å². The van der Waals surface area contributed by atoms with Crippen molar-refractivity contribution >= 4 is 67.0 Å². The van der Waals surface area contributed by atoms with Gasteiger partial charge >= 0.3 is 11.9 Å². The van der Waals surface area contributed by atoms with Crippen LogP contribution in [-0.2, 0) is 52.7 Å². The smallest absolute Gasteiger partial charge is 0.335 e. The normalized spacial score (nSPS) is 15.9. The molecular weight excluding hydrogens is 1850 g/mol. The number of Topliss-reactive ketones (excluding diaryl/α,β-unsaturated/α-hetero) is 2. The summed E-state index contributed by atoms with van der Waals surface area (Å²) in [5, 5.41) is 0. The Kier molecular flexibility index (Phi) is 58.8. The van der Waals surface area contributed by atoms with Crippen molar-refractivity contribution in [2.75, 3.05) is 112 Å². The minimum absolute atomic E-state index is 0.000162. The van der Waals surface area contributed by atoms with Gasteiger partial charge in [0.1, 0.15) is 55.2 Å². The van der Waals surface area contributed by atoms with Crippen molar-refractivity contribution in [3.63, 3.8) is 0 Å². The van der Waals surface area contributed by atoms with Crippen molar-refractivity contribution in [3.05, 3.63) is 210 Å². The molecule has 6 heterocycles. The molecule has 12 rings (SSSR count). The molecule has 0 N–H and O–H groups in total. The van der Waals surface area contributed by atoms with Crippen LogP contribution in [0.3, 0.4) is 0 Å². The van der Waals surface area contributed by atoms with Crippen LogP contribution in [-0.4, -0.2) is 208 Å². The summed E-state index contributed by atoms with van der Waals surface area (Å²) in [4.78, 5) is 134. The lowest BCUT2D eigenvalue weighted by molar-refractivity contribution is -0.142. The Balaban J connectivity index is 0.000000238. The van der Waals surface area contributed by atoms with Crippen LogP contribution < -0.4 is 23.7 Å². The SMILES string of the molecule is C=CC(=O)Oc1ccc(C(CCCC)C(=O)N2CCCCC2)cc1.C=CCCCCC(C(=O)N1CCCCC1)c1ccc(C)cc1.CCCCC(C(=O)N1CCCCC1)c1ccc(OCC(C)=O)cc1.CCCCC(C(=O)N1CCCCC1)c1ccc(OCC(C)=O)cc1.CCCCC(C(=O)N1CCCCC1)c1ccc(OCCOC(C)=O)cc1.CCCCC(C(=O)N1CCCCC1)c1ccc(OCC[Si](C)(C)C)cc1. The van der Waals surface area contributed by atoms with E-state index in [1.807, 2.05) is 123 Å². The minimum atomic E-state index is -1.06. The molecule has 804 valence electrons. The number of rotatable bonds is 48. The van der Waals surface area contributed by atoms with Gasteiger partial charge in [-0.25, -0.2) is 4.79 Å². The number of allylic oxidation sites excluding steroid dienone is 1. The molecule has 6 aromatic carbocycles. The van der Waals surface area contributed by atoms with E-state index in [9.17, 15) is 47.9 Å². The predicted molar refractivity (Wildman–Crippen MR) is 593 cm³/mol. The van der Waals surface area contributed by atoms with Crippen LogP contribution in [0.5, 0.6) is 28.7 Å². The summed E-state index contributed by atoms with van der Waals surface area (Å²) < 4.78 is 32.3. The molecule has 6 amide bonds. The summed E-state index contributed by atoms with van der Waals surface area (Å²) in [6.45, 7) is 43.9. The van der Waals surface area contributed by atoms with E-state index in [2.05, 4.69) is 121 Å². The maximum Gasteiger partial charge on any atom is 0.335 e. The van der Waals surface area contributed by atoms with Gasteiger partial charge in [0.25, 0.3) is 0 Å². The molecule has 6 aliphatic rings. The van der Waals surface area contributed by atoms with Gasteiger partial charge in [-0.15, -0.1) is 6.58 Å². The van der Waals surface area contributed by atoms with Crippen LogP contribution in [0.2, 0.25) is 25.7 Å². The number of likely N-dealkylation sites (tertiary alicyclic amines) is 6. The molecule has 0 aromatic heterocycles. The van der Waals surface area contributed by atoms with Gasteiger partial charge in [-0.05, 0) is 288 Å². The first kappa shape index (κ1) is 122. The third kappa shape index (κ3) is 46.0. The van der Waals surface area contributed by atoms with E-state index in [0.717, 1.165) is 330 Å². The molecule has 6 unspecified atom stereocenters. The molecular formula is C123H182N6O16Si. The molecule has 0 spiro atoms. The zero-order valence-electron chi connectivity index (χ0n) is 91.5. The quantitative estimate of drug-likeness (QED) is 0.00860. The van der Waals surface area contributed by atoms with Crippen molar-refractivity contribution in [2.24, 2.45) is 0 Å². The average molecular weight is 2030 g/mol. The monoisotopic (exact) mass is 2030 g/mol. The van der Waals surface area contributed by atoms with Crippen LogP contribution in [0, 0.1) is 6.92 Å². The Labute approximate surface area is 878 Å². The number of nitrogens with zero attached hydrogens (tertiary/aromatic N) is 6. The van der Waals surface area contributed by atoms with Crippen molar-refractivity contribution in [3.8, 4) is 28.7 Å². The van der Waals surface area contributed by atoms with E-state index < -0.39 is 14.0 Å². The maximum atomic E-state index is 13.1. The molecule has 6 aromatic rings. The number of carbonyl (C=O) groups excluding carboxylic acids is 10. The fraction of sp³-hybridized carbons (Fsp3) is 0.593. The molecule has 6 atom stereocenters. The highest BCUT2D eigenvalue weighted by Gasteiger charge is 2.34. The minimum Gasteiger partial charge on any atom is -0.494 e. The number of ether oxygens (including phenoxy) is 6. The fourth-order valence-corrected chi connectivity index (χ4v) is 20.1. The van der Waals surface area contributed by atoms with Gasteiger partial charge in [-0.3, -0.25) is 43.2 Å². The lowest BCUT2D eigenvalue weighted by Gasteiger charge is -2.30. The van der Waals surface area contributed by atoms with Crippen LogP contribution in [0.1, 0.15) is 367 Å². The molecule has 6 aliphatic heterocycles. The van der Waals surface area contributed by atoms with Gasteiger partial charge in [0.2, 0.25) is 35.4 Å². The zero-order valence-corrected chi connectivity index (χ0v) is 92.5. The molecule has 6 fully saturated rings. The Morgan fingerprint density at radius 2 is 0.534 bits per heavy atom. The number of amides is 6. The second-order valence-electron chi connectivity index (χ2n) is 41.6. The maximum absolute atomic E-state index is 13.1. The molecule has 22 nitrogen and oxygen atoms in total. The van der Waals surface area contributed by atoms with E-state index in [4.69, 9.17) is 28.4 Å². The van der Waals surface area contributed by atoms with E-state index >= 15 is 0 Å². The molecule has 0 saturated carbocycles. The third-order valence-electron chi connectivity index (χ3n) is 28.1. The van der Waals surface area contributed by atoms with E-state index in [1.54, 1.807) is 12.1 Å². The Morgan fingerprint density at radius 3 is 0.760 bits per heavy atom. The number of aryl methyl sites for hydroxylation is 1. The molecule has 146 heavy (non-hydrogen) atoms. The van der Waals surface area contributed by atoms with Gasteiger partial charge in [0.05, 0.1) is 42.1 Å². The number of benzene rings is 6. The van der Waals surface area contributed by atoms with E-state index in [-0.39, 0.29) is 96.5 Å². The third-order valence-corrected chi connectivity index (χ3v) is 29.8. The molecule has 23 heteroatoms. The Morgan fingerprint density at radius 1 is 0.301 bits per heavy atom. The van der Waals surface area contributed by atoms with Crippen molar-refractivity contribution in [1.29, 1.82) is 0 Å². The second kappa shape index (κ2) is 70.3. The first-order chi connectivity index (χ1) is 70.6. The number of hydrogen-bond donors (Lipinski definition) is 0. The summed E-state index contributed by atoms with van der Waals surface area (Å²) in [5.41, 5.74) is 7.73.